The first-order valence-corrected chi connectivity index (χ1v) is 17.6. The normalized spacial score (nSPS) is 15.1. The second-order valence-electron chi connectivity index (χ2n) is 14.6. The molecule has 2 heterocycles. The smallest absolute Gasteiger partial charge is 0.410 e. The predicted molar refractivity (Wildman–Crippen MR) is 197 cm³/mol. The lowest BCUT2D eigenvalue weighted by atomic mass is 9.93. The highest BCUT2D eigenvalue weighted by molar-refractivity contribution is 5.90. The second kappa shape index (κ2) is 14.9. The van der Waals surface area contributed by atoms with Gasteiger partial charge in [0.15, 0.2) is 5.82 Å². The molecule has 10 nitrogen and oxygen atoms in total. The van der Waals surface area contributed by atoms with Crippen molar-refractivity contribution < 1.29 is 23.6 Å². The van der Waals surface area contributed by atoms with Crippen molar-refractivity contribution in [2.45, 2.75) is 71.1 Å². The summed E-state index contributed by atoms with van der Waals surface area (Å²) < 4.78 is 11.2. The van der Waals surface area contributed by atoms with Crippen molar-refractivity contribution in [2.24, 2.45) is 5.92 Å². The van der Waals surface area contributed by atoms with E-state index < -0.39 is 17.7 Å². The molecule has 266 valence electrons. The molecule has 1 aromatic heterocycles. The van der Waals surface area contributed by atoms with Crippen molar-refractivity contribution in [3.05, 3.63) is 108 Å². The molecule has 0 unspecified atom stereocenters. The number of carbonyl (C=O) groups is 3. The molecule has 0 aliphatic carbocycles. The zero-order valence-corrected chi connectivity index (χ0v) is 30.3. The van der Waals surface area contributed by atoms with Crippen LogP contribution in [-0.4, -0.2) is 81.6 Å². The molecule has 1 fully saturated rings. The molecule has 1 saturated heterocycles. The lowest BCUT2D eigenvalue weighted by Gasteiger charge is -2.37. The van der Waals surface area contributed by atoms with E-state index in [1.165, 1.54) is 0 Å². The monoisotopic (exact) mass is 689 g/mol. The molecule has 1 aliphatic rings. The summed E-state index contributed by atoms with van der Waals surface area (Å²) in [7, 11) is 3.47. The summed E-state index contributed by atoms with van der Waals surface area (Å²) in [6.45, 7) is 8.09. The van der Waals surface area contributed by atoms with Crippen molar-refractivity contribution >= 4 is 39.5 Å². The fourth-order valence-electron chi connectivity index (χ4n) is 6.87. The SMILES string of the molecule is Cc1noc([C@@H](Cc2ccc3ccccc3c2)N(C)C(=O)[C@@H](Cc2ccc3ccccc3c2)N(C)C(=O)C2CCN(C(=O)OC(C)(C)C)CC2)n1. The van der Waals surface area contributed by atoms with E-state index >= 15 is 0 Å². The van der Waals surface area contributed by atoms with Crippen LogP contribution < -0.4 is 0 Å². The number of aryl methyl sites for hydroxylation is 1. The van der Waals surface area contributed by atoms with Gasteiger partial charge in [0.2, 0.25) is 17.7 Å². The van der Waals surface area contributed by atoms with Gasteiger partial charge in [0.1, 0.15) is 17.7 Å². The number of nitrogens with zero attached hydrogens (tertiary/aromatic N) is 5. The number of amides is 3. The number of piperidine rings is 1. The third-order valence-corrected chi connectivity index (χ3v) is 9.73. The van der Waals surface area contributed by atoms with Crippen molar-refractivity contribution in [1.29, 1.82) is 0 Å². The van der Waals surface area contributed by atoms with Gasteiger partial charge in [-0.05, 0) is 73.2 Å². The van der Waals surface area contributed by atoms with Gasteiger partial charge < -0.3 is 24.0 Å². The molecule has 4 aromatic carbocycles. The minimum Gasteiger partial charge on any atom is -0.444 e. The lowest BCUT2D eigenvalue weighted by molar-refractivity contribution is -0.148. The van der Waals surface area contributed by atoms with Gasteiger partial charge in [0, 0.05) is 45.9 Å². The summed E-state index contributed by atoms with van der Waals surface area (Å²) in [5.41, 5.74) is 1.36. The molecule has 0 saturated carbocycles. The number of likely N-dealkylation sites (tertiary alicyclic amines) is 1. The van der Waals surface area contributed by atoms with Crippen molar-refractivity contribution in [2.75, 3.05) is 27.2 Å². The summed E-state index contributed by atoms with van der Waals surface area (Å²) in [5.74, 6) is 0.132. The third-order valence-electron chi connectivity index (χ3n) is 9.73. The molecule has 2 atom stereocenters. The van der Waals surface area contributed by atoms with Crippen LogP contribution in [0.15, 0.2) is 89.5 Å². The first-order chi connectivity index (χ1) is 24.4. The van der Waals surface area contributed by atoms with Crippen molar-refractivity contribution in [1.82, 2.24) is 24.8 Å². The predicted octanol–water partition coefficient (Wildman–Crippen LogP) is 7.14. The average Bonchev–Trinajstić information content (AvgIpc) is 3.56. The molecule has 0 N–H and O–H groups in total. The third kappa shape index (κ3) is 8.39. The number of aromatic nitrogens is 2. The van der Waals surface area contributed by atoms with E-state index in [2.05, 4.69) is 52.6 Å². The standard InChI is InChI=1S/C41H47N5O5/c1-27-42-37(51-43-27)35(25-28-15-17-30-11-7-9-13-33(30)23-28)44(5)39(48)36(26-29-16-18-31-12-8-10-14-34(31)24-29)45(6)38(47)32-19-21-46(22-20-32)40(49)50-41(2,3)4/h7-18,23-24,32,35-36H,19-22,25-26H2,1-6H3/t35-,36-/m1/s1. The maximum Gasteiger partial charge on any atom is 0.410 e. The molecule has 0 spiro atoms. The van der Waals surface area contributed by atoms with Gasteiger partial charge in [-0.3, -0.25) is 9.59 Å². The van der Waals surface area contributed by atoms with Gasteiger partial charge in [-0.25, -0.2) is 4.79 Å². The van der Waals surface area contributed by atoms with Crippen molar-refractivity contribution in [3.8, 4) is 0 Å². The van der Waals surface area contributed by atoms with E-state index in [1.54, 1.807) is 35.7 Å². The minimum atomic E-state index is -0.810. The summed E-state index contributed by atoms with van der Waals surface area (Å²) in [5, 5.41) is 8.44. The zero-order valence-electron chi connectivity index (χ0n) is 30.3. The Morgan fingerprint density at radius 1 is 0.824 bits per heavy atom. The Hall–Kier alpha value is -5.25. The maximum absolute atomic E-state index is 14.8. The molecule has 6 rings (SSSR count). The van der Waals surface area contributed by atoms with Gasteiger partial charge >= 0.3 is 6.09 Å². The van der Waals surface area contributed by atoms with Gasteiger partial charge in [-0.15, -0.1) is 0 Å². The fourth-order valence-corrected chi connectivity index (χ4v) is 6.87. The molecule has 0 radical (unpaired) electrons. The molecule has 3 amide bonds. The van der Waals surface area contributed by atoms with Crippen LogP contribution in [0.4, 0.5) is 4.79 Å². The number of hydrogen-bond acceptors (Lipinski definition) is 7. The number of hydrogen-bond donors (Lipinski definition) is 0. The Bertz CT molecular complexity index is 2030. The van der Waals surface area contributed by atoms with Crippen LogP contribution in [0.5, 0.6) is 0 Å². The van der Waals surface area contributed by atoms with Crippen LogP contribution in [0.1, 0.15) is 62.5 Å². The van der Waals surface area contributed by atoms with Gasteiger partial charge in [-0.2, -0.15) is 4.98 Å². The Labute approximate surface area is 299 Å². The second-order valence-corrected chi connectivity index (χ2v) is 14.6. The Morgan fingerprint density at radius 3 is 1.90 bits per heavy atom. The summed E-state index contributed by atoms with van der Waals surface area (Å²) in [6, 6.07) is 27.3. The van der Waals surface area contributed by atoms with E-state index in [0.717, 1.165) is 32.7 Å². The number of rotatable bonds is 9. The van der Waals surface area contributed by atoms with Crippen molar-refractivity contribution in [3.63, 3.8) is 0 Å². The van der Waals surface area contributed by atoms with E-state index in [9.17, 15) is 14.4 Å². The molecule has 5 aromatic rings. The minimum absolute atomic E-state index is 0.119. The van der Waals surface area contributed by atoms with E-state index in [1.807, 2.05) is 63.2 Å². The van der Waals surface area contributed by atoms with E-state index in [4.69, 9.17) is 9.26 Å². The lowest BCUT2D eigenvalue weighted by Crippen LogP contribution is -2.53. The highest BCUT2D eigenvalue weighted by Crippen LogP contribution is 2.29. The average molecular weight is 690 g/mol. The molecule has 0 bridgehead atoms. The zero-order chi connectivity index (χ0) is 36.3. The first-order valence-electron chi connectivity index (χ1n) is 17.6. The molecule has 1 aliphatic heterocycles. The molecule has 10 heteroatoms. The Kier molecular flexibility index (Phi) is 10.4. The van der Waals surface area contributed by atoms with Crippen LogP contribution in [0.25, 0.3) is 21.5 Å². The van der Waals surface area contributed by atoms with Gasteiger partial charge in [0.05, 0.1) is 0 Å². The number of carbonyl (C=O) groups excluding carboxylic acids is 3. The number of fused-ring (bicyclic) bond motifs is 2. The molecule has 51 heavy (non-hydrogen) atoms. The fraction of sp³-hybridized carbons (Fsp3) is 0.390. The van der Waals surface area contributed by atoms with Crippen LogP contribution >= 0.6 is 0 Å². The summed E-state index contributed by atoms with van der Waals surface area (Å²) in [4.78, 5) is 51.2. The number of ether oxygens (including phenoxy) is 1. The molecular weight excluding hydrogens is 642 g/mol. The van der Waals surface area contributed by atoms with Gasteiger partial charge in [-0.1, -0.05) is 90.1 Å². The highest BCUT2D eigenvalue weighted by atomic mass is 16.6. The molecular formula is C41H47N5O5. The topological polar surface area (TPSA) is 109 Å². The number of likely N-dealkylation sites (N-methyl/N-ethyl adjacent to an activating group) is 2. The van der Waals surface area contributed by atoms with Crippen LogP contribution in [0, 0.1) is 12.8 Å². The van der Waals surface area contributed by atoms with Crippen LogP contribution in [0.2, 0.25) is 0 Å². The Morgan fingerprint density at radius 2 is 1.37 bits per heavy atom. The highest BCUT2D eigenvalue weighted by Gasteiger charge is 2.38. The van der Waals surface area contributed by atoms with E-state index in [-0.39, 0.29) is 23.8 Å². The first kappa shape index (κ1) is 35.6. The van der Waals surface area contributed by atoms with Crippen LogP contribution in [0.3, 0.4) is 0 Å². The van der Waals surface area contributed by atoms with Crippen LogP contribution in [-0.2, 0) is 27.2 Å². The number of benzene rings is 4. The summed E-state index contributed by atoms with van der Waals surface area (Å²) in [6.07, 6.45) is 1.36. The summed E-state index contributed by atoms with van der Waals surface area (Å²) >= 11 is 0. The van der Waals surface area contributed by atoms with Gasteiger partial charge in [0.25, 0.3) is 0 Å². The maximum atomic E-state index is 14.8. The Balaban J connectivity index is 1.28. The quantitative estimate of drug-likeness (QED) is 0.162. The van der Waals surface area contributed by atoms with E-state index in [0.29, 0.717) is 50.5 Å². The largest absolute Gasteiger partial charge is 0.444 e.